The highest BCUT2D eigenvalue weighted by molar-refractivity contribution is 7.15. The minimum Gasteiger partial charge on any atom is -0.314 e. The number of aromatic nitrogens is 3. The lowest BCUT2D eigenvalue weighted by atomic mass is 10.3. The van der Waals surface area contributed by atoms with E-state index in [1.54, 1.807) is 17.5 Å². The van der Waals surface area contributed by atoms with E-state index in [1.807, 2.05) is 13.0 Å². The maximum Gasteiger partial charge on any atom is 0.188 e. The van der Waals surface area contributed by atoms with Crippen LogP contribution in [0.1, 0.15) is 23.2 Å². The highest BCUT2D eigenvalue weighted by Crippen LogP contribution is 2.25. The van der Waals surface area contributed by atoms with Crippen molar-refractivity contribution in [2.24, 2.45) is 0 Å². The molecule has 86 valence electrons. The van der Waals surface area contributed by atoms with Crippen LogP contribution in [-0.2, 0) is 6.42 Å². The van der Waals surface area contributed by atoms with Crippen molar-refractivity contribution in [2.75, 3.05) is 5.32 Å². The summed E-state index contributed by atoms with van der Waals surface area (Å²) >= 11 is 1.55. The van der Waals surface area contributed by atoms with Crippen LogP contribution in [0.2, 0.25) is 0 Å². The highest BCUT2D eigenvalue weighted by atomic mass is 32.1. The Morgan fingerprint density at radius 3 is 2.82 bits per heavy atom. The summed E-state index contributed by atoms with van der Waals surface area (Å²) in [5.41, 5.74) is 1.35. The van der Waals surface area contributed by atoms with Crippen LogP contribution in [0.4, 0.5) is 10.9 Å². The third-order valence-corrected chi connectivity index (χ3v) is 3.19. The molecule has 0 radical (unpaired) electrons. The summed E-state index contributed by atoms with van der Waals surface area (Å²) in [6.45, 7) is 4.10. The second-order valence-electron chi connectivity index (χ2n) is 3.37. The largest absolute Gasteiger partial charge is 0.314 e. The third kappa shape index (κ3) is 2.40. The van der Waals surface area contributed by atoms with Crippen LogP contribution in [0.25, 0.3) is 0 Å². The summed E-state index contributed by atoms with van der Waals surface area (Å²) in [4.78, 5) is 13.6. The molecule has 0 aromatic carbocycles. The summed E-state index contributed by atoms with van der Waals surface area (Å²) in [7, 11) is 0. The Hall–Kier alpha value is -2.00. The molecule has 0 saturated heterocycles. The maximum atomic E-state index is 8.89. The van der Waals surface area contributed by atoms with Crippen molar-refractivity contribution in [1.29, 1.82) is 5.26 Å². The molecule has 0 spiro atoms. The Balaban J connectivity index is 2.29. The van der Waals surface area contributed by atoms with Crippen molar-refractivity contribution in [2.45, 2.75) is 20.3 Å². The molecule has 0 aliphatic rings. The molecule has 2 aromatic rings. The van der Waals surface area contributed by atoms with Gasteiger partial charge in [-0.2, -0.15) is 5.26 Å². The molecule has 0 amide bonds. The molecule has 0 aliphatic heterocycles. The standard InChI is InChI=1S/C11H11N5S/c1-3-8-7(2)17-11(15-8)16-10-9(6-12)13-4-5-14-10/h4-5H,3H2,1-2H3,(H,14,15,16). The Bertz CT molecular complexity index is 569. The molecule has 5 nitrogen and oxygen atoms in total. The number of anilines is 2. The van der Waals surface area contributed by atoms with Gasteiger partial charge in [-0.05, 0) is 13.3 Å². The van der Waals surface area contributed by atoms with Gasteiger partial charge in [-0.1, -0.05) is 6.92 Å². The fourth-order valence-electron chi connectivity index (χ4n) is 1.42. The Labute approximate surface area is 103 Å². The highest BCUT2D eigenvalue weighted by Gasteiger charge is 2.09. The van der Waals surface area contributed by atoms with Crippen molar-refractivity contribution in [3.63, 3.8) is 0 Å². The summed E-state index contributed by atoms with van der Waals surface area (Å²) in [5.74, 6) is 0.450. The average Bonchev–Trinajstić information content (AvgIpc) is 2.70. The number of aryl methyl sites for hydroxylation is 2. The maximum absolute atomic E-state index is 8.89. The summed E-state index contributed by atoms with van der Waals surface area (Å²) in [6.07, 6.45) is 3.94. The number of thiazole rings is 1. The van der Waals surface area contributed by atoms with Crippen LogP contribution in [0.3, 0.4) is 0 Å². The zero-order chi connectivity index (χ0) is 12.3. The van der Waals surface area contributed by atoms with Gasteiger partial charge in [0.25, 0.3) is 0 Å². The van der Waals surface area contributed by atoms with Gasteiger partial charge in [0, 0.05) is 17.3 Å². The normalized spacial score (nSPS) is 9.94. The first-order chi connectivity index (χ1) is 8.24. The average molecular weight is 245 g/mol. The molecule has 17 heavy (non-hydrogen) atoms. The van der Waals surface area contributed by atoms with Crippen LogP contribution in [0.15, 0.2) is 12.4 Å². The SMILES string of the molecule is CCc1nc(Nc2nccnc2C#N)sc1C. The lowest BCUT2D eigenvalue weighted by Gasteiger charge is -2.01. The van der Waals surface area contributed by atoms with Crippen molar-refractivity contribution >= 4 is 22.3 Å². The molecule has 2 heterocycles. The zero-order valence-electron chi connectivity index (χ0n) is 9.56. The number of nitrogens with one attached hydrogen (secondary N) is 1. The molecule has 0 fully saturated rings. The minimum absolute atomic E-state index is 0.276. The molecule has 0 bridgehead atoms. The first-order valence-electron chi connectivity index (χ1n) is 5.19. The smallest absolute Gasteiger partial charge is 0.188 e. The fraction of sp³-hybridized carbons (Fsp3) is 0.273. The van der Waals surface area contributed by atoms with Gasteiger partial charge in [0.1, 0.15) is 6.07 Å². The van der Waals surface area contributed by atoms with E-state index in [0.717, 1.165) is 17.2 Å². The molecular weight excluding hydrogens is 234 g/mol. The van der Waals surface area contributed by atoms with E-state index in [2.05, 4.69) is 27.2 Å². The van der Waals surface area contributed by atoms with Gasteiger partial charge in [0.15, 0.2) is 16.6 Å². The van der Waals surface area contributed by atoms with Crippen LogP contribution in [0.5, 0.6) is 0 Å². The molecule has 1 N–H and O–H groups in total. The number of hydrogen-bond acceptors (Lipinski definition) is 6. The van der Waals surface area contributed by atoms with Crippen molar-refractivity contribution in [1.82, 2.24) is 15.0 Å². The molecule has 2 aromatic heterocycles. The van der Waals surface area contributed by atoms with E-state index in [4.69, 9.17) is 5.26 Å². The Morgan fingerprint density at radius 1 is 1.41 bits per heavy atom. The third-order valence-electron chi connectivity index (χ3n) is 2.26. The van der Waals surface area contributed by atoms with E-state index >= 15 is 0 Å². The number of nitrogens with zero attached hydrogens (tertiary/aromatic N) is 4. The molecule has 2 rings (SSSR count). The number of rotatable bonds is 3. The van der Waals surface area contributed by atoms with Gasteiger partial charge in [-0.15, -0.1) is 11.3 Å². The van der Waals surface area contributed by atoms with E-state index in [-0.39, 0.29) is 5.69 Å². The quantitative estimate of drug-likeness (QED) is 0.898. The predicted octanol–water partition coefficient (Wildman–Crippen LogP) is 2.42. The van der Waals surface area contributed by atoms with Crippen LogP contribution < -0.4 is 5.32 Å². The zero-order valence-corrected chi connectivity index (χ0v) is 10.4. The fourth-order valence-corrected chi connectivity index (χ4v) is 2.32. The van der Waals surface area contributed by atoms with Crippen LogP contribution in [-0.4, -0.2) is 15.0 Å². The van der Waals surface area contributed by atoms with E-state index in [0.29, 0.717) is 5.82 Å². The molecular formula is C11H11N5S. The molecule has 0 atom stereocenters. The molecule has 6 heteroatoms. The Morgan fingerprint density at radius 2 is 2.18 bits per heavy atom. The summed E-state index contributed by atoms with van der Waals surface area (Å²) in [6, 6.07) is 1.99. The molecule has 0 saturated carbocycles. The second-order valence-corrected chi connectivity index (χ2v) is 4.57. The number of nitriles is 1. The van der Waals surface area contributed by atoms with Crippen LogP contribution in [0, 0.1) is 18.3 Å². The summed E-state index contributed by atoms with van der Waals surface area (Å²) in [5, 5.41) is 12.7. The van der Waals surface area contributed by atoms with E-state index in [1.165, 1.54) is 11.1 Å². The van der Waals surface area contributed by atoms with Gasteiger partial charge in [-0.25, -0.2) is 15.0 Å². The van der Waals surface area contributed by atoms with Gasteiger partial charge in [0.05, 0.1) is 5.69 Å². The number of hydrogen-bond donors (Lipinski definition) is 1. The first-order valence-corrected chi connectivity index (χ1v) is 6.00. The van der Waals surface area contributed by atoms with Gasteiger partial charge >= 0.3 is 0 Å². The second kappa shape index (κ2) is 4.89. The lowest BCUT2D eigenvalue weighted by Crippen LogP contribution is -1.98. The summed E-state index contributed by atoms with van der Waals surface area (Å²) < 4.78 is 0. The van der Waals surface area contributed by atoms with E-state index < -0.39 is 0 Å². The Kier molecular flexibility index (Phi) is 3.30. The minimum atomic E-state index is 0.276. The van der Waals surface area contributed by atoms with E-state index in [9.17, 15) is 0 Å². The monoisotopic (exact) mass is 245 g/mol. The van der Waals surface area contributed by atoms with Gasteiger partial charge in [0.2, 0.25) is 0 Å². The van der Waals surface area contributed by atoms with Crippen molar-refractivity contribution in [3.8, 4) is 6.07 Å². The predicted molar refractivity (Wildman–Crippen MR) is 66.3 cm³/mol. The topological polar surface area (TPSA) is 74.5 Å². The van der Waals surface area contributed by atoms with Crippen molar-refractivity contribution in [3.05, 3.63) is 28.7 Å². The molecule has 0 aliphatic carbocycles. The lowest BCUT2D eigenvalue weighted by molar-refractivity contribution is 1.04. The van der Waals surface area contributed by atoms with Gasteiger partial charge in [-0.3, -0.25) is 0 Å². The van der Waals surface area contributed by atoms with Crippen LogP contribution >= 0.6 is 11.3 Å². The first kappa shape index (κ1) is 11.5. The molecule has 0 unspecified atom stereocenters. The van der Waals surface area contributed by atoms with Crippen molar-refractivity contribution < 1.29 is 0 Å². The van der Waals surface area contributed by atoms with Gasteiger partial charge < -0.3 is 5.32 Å².